The molecule has 0 saturated carbocycles. The quantitative estimate of drug-likeness (QED) is 0.552. The van der Waals surface area contributed by atoms with Gasteiger partial charge in [0, 0.05) is 45.6 Å². The lowest BCUT2D eigenvalue weighted by Gasteiger charge is -2.25. The molecule has 1 aliphatic heterocycles. The monoisotopic (exact) mass is 445 g/mol. The van der Waals surface area contributed by atoms with Crippen LogP contribution in [0.5, 0.6) is 11.5 Å². The van der Waals surface area contributed by atoms with Gasteiger partial charge in [-0.2, -0.15) is 0 Å². The molecule has 1 atom stereocenters. The van der Waals surface area contributed by atoms with Gasteiger partial charge in [0.05, 0.1) is 25.7 Å². The first kappa shape index (κ1) is 22.8. The fraction of sp³-hybridized carbons (Fsp3) is 0.333. The molecule has 0 spiro atoms. The Balaban J connectivity index is 1.51. The summed E-state index contributed by atoms with van der Waals surface area (Å²) < 4.78 is 11.2. The van der Waals surface area contributed by atoms with Gasteiger partial charge < -0.3 is 14.4 Å². The average molecular weight is 446 g/mol. The van der Waals surface area contributed by atoms with Crippen molar-refractivity contribution in [1.29, 1.82) is 0 Å². The van der Waals surface area contributed by atoms with E-state index in [1.165, 1.54) is 0 Å². The average Bonchev–Trinajstić information content (AvgIpc) is 2.99. The number of aromatic nitrogens is 1. The maximum atomic E-state index is 13.1. The Bertz CT molecular complexity index is 1050. The van der Waals surface area contributed by atoms with Crippen LogP contribution in [0.3, 0.4) is 0 Å². The van der Waals surface area contributed by atoms with Crippen LogP contribution in [0.2, 0.25) is 0 Å². The maximum absolute atomic E-state index is 13.1. The van der Waals surface area contributed by atoms with E-state index in [0.29, 0.717) is 26.1 Å². The molecule has 0 N–H and O–H groups in total. The van der Waals surface area contributed by atoms with Gasteiger partial charge >= 0.3 is 0 Å². The summed E-state index contributed by atoms with van der Waals surface area (Å²) in [5.41, 5.74) is 4.39. The second-order valence-corrected chi connectivity index (χ2v) is 8.48. The van der Waals surface area contributed by atoms with Crippen LogP contribution in [0.4, 0.5) is 0 Å². The molecule has 1 unspecified atom stereocenters. The van der Waals surface area contributed by atoms with Crippen molar-refractivity contribution in [2.24, 2.45) is 5.92 Å². The predicted octanol–water partition coefficient (Wildman–Crippen LogP) is 3.90. The maximum Gasteiger partial charge on any atom is 0.227 e. The molecule has 0 bridgehead atoms. The van der Waals surface area contributed by atoms with E-state index in [1.54, 1.807) is 20.4 Å². The third kappa shape index (κ3) is 5.34. The molecule has 4 rings (SSSR count). The Kier molecular flexibility index (Phi) is 7.25. The molecule has 1 amide bonds. The van der Waals surface area contributed by atoms with E-state index in [1.807, 2.05) is 42.4 Å². The summed E-state index contributed by atoms with van der Waals surface area (Å²) in [6.45, 7) is 2.87. The van der Waals surface area contributed by atoms with Gasteiger partial charge in [-0.3, -0.25) is 14.7 Å². The molecule has 2 aromatic carbocycles. The van der Waals surface area contributed by atoms with Crippen molar-refractivity contribution in [3.05, 3.63) is 78.1 Å². The molecule has 1 saturated heterocycles. The number of rotatable bonds is 7. The largest absolute Gasteiger partial charge is 0.496 e. The van der Waals surface area contributed by atoms with Crippen molar-refractivity contribution in [1.82, 2.24) is 14.8 Å². The fourth-order valence-electron chi connectivity index (χ4n) is 4.45. The third-order valence-corrected chi connectivity index (χ3v) is 6.30. The number of benzene rings is 2. The highest BCUT2D eigenvalue weighted by molar-refractivity contribution is 5.79. The number of pyridine rings is 1. The Morgan fingerprint density at radius 1 is 0.939 bits per heavy atom. The summed E-state index contributed by atoms with van der Waals surface area (Å²) in [6.07, 6.45) is 4.34. The minimum absolute atomic E-state index is 0.109. The summed E-state index contributed by atoms with van der Waals surface area (Å²) in [5.74, 6) is 1.70. The number of carbonyl (C=O) groups is 1. The van der Waals surface area contributed by atoms with E-state index >= 15 is 0 Å². The van der Waals surface area contributed by atoms with Gasteiger partial charge in [-0.15, -0.1) is 0 Å². The van der Waals surface area contributed by atoms with Gasteiger partial charge in [0.15, 0.2) is 0 Å². The van der Waals surface area contributed by atoms with E-state index in [9.17, 15) is 4.79 Å². The van der Waals surface area contributed by atoms with E-state index in [0.717, 1.165) is 40.3 Å². The lowest BCUT2D eigenvalue weighted by molar-refractivity contribution is -0.133. The van der Waals surface area contributed by atoms with Crippen molar-refractivity contribution in [2.75, 3.05) is 40.9 Å². The number of hydrogen-bond donors (Lipinski definition) is 0. The summed E-state index contributed by atoms with van der Waals surface area (Å²) in [7, 11) is 5.25. The number of carbonyl (C=O) groups excluding carboxylic acids is 1. The summed E-state index contributed by atoms with van der Waals surface area (Å²) in [4.78, 5) is 21.5. The van der Waals surface area contributed by atoms with Gasteiger partial charge in [-0.25, -0.2) is 0 Å². The number of likely N-dealkylation sites (N-methyl/N-ethyl adjacent to an activating group) is 1. The first-order valence-electron chi connectivity index (χ1n) is 11.3. The van der Waals surface area contributed by atoms with Crippen LogP contribution >= 0.6 is 0 Å². The van der Waals surface area contributed by atoms with Crippen LogP contribution < -0.4 is 9.47 Å². The molecule has 33 heavy (non-hydrogen) atoms. The topological polar surface area (TPSA) is 54.9 Å². The molecule has 2 heterocycles. The zero-order valence-corrected chi connectivity index (χ0v) is 19.5. The van der Waals surface area contributed by atoms with Crippen LogP contribution in [0.15, 0.2) is 67.0 Å². The molecule has 6 nitrogen and oxygen atoms in total. The van der Waals surface area contributed by atoms with Crippen LogP contribution in [0.1, 0.15) is 11.1 Å². The lowest BCUT2D eigenvalue weighted by Crippen LogP contribution is -2.34. The number of hydrogen-bond acceptors (Lipinski definition) is 5. The standard InChI is InChI=1S/C27H31N3O3/c1-29-14-15-30(19-24-25(32-2)7-4-8-26(24)33-3)18-23(27(29)31)16-20-9-11-21(12-10-20)22-6-5-13-28-17-22/h4-13,17,23H,14-16,18-19H2,1-3H3. The molecule has 0 aliphatic carbocycles. The molecular formula is C27H31N3O3. The van der Waals surface area contributed by atoms with E-state index in [2.05, 4.69) is 40.2 Å². The van der Waals surface area contributed by atoms with Crippen molar-refractivity contribution in [3.63, 3.8) is 0 Å². The lowest BCUT2D eigenvalue weighted by atomic mass is 9.96. The highest BCUT2D eigenvalue weighted by Crippen LogP contribution is 2.30. The molecule has 3 aromatic rings. The Labute approximate surface area is 195 Å². The van der Waals surface area contributed by atoms with Crippen LogP contribution in [0.25, 0.3) is 11.1 Å². The third-order valence-electron chi connectivity index (χ3n) is 6.30. The second kappa shape index (κ2) is 10.5. The normalized spacial score (nSPS) is 17.0. The first-order valence-corrected chi connectivity index (χ1v) is 11.3. The van der Waals surface area contributed by atoms with Crippen LogP contribution in [-0.2, 0) is 17.8 Å². The smallest absolute Gasteiger partial charge is 0.227 e. The number of amides is 1. The molecule has 172 valence electrons. The molecule has 1 aliphatic rings. The number of methoxy groups -OCH3 is 2. The summed E-state index contributed by atoms with van der Waals surface area (Å²) in [5, 5.41) is 0. The van der Waals surface area contributed by atoms with E-state index in [4.69, 9.17) is 9.47 Å². The minimum Gasteiger partial charge on any atom is -0.496 e. The Hall–Kier alpha value is -3.38. The van der Waals surface area contributed by atoms with Crippen LogP contribution in [0, 0.1) is 5.92 Å². The molecule has 1 aromatic heterocycles. The second-order valence-electron chi connectivity index (χ2n) is 8.48. The number of ether oxygens (including phenoxy) is 2. The van der Waals surface area contributed by atoms with Crippen molar-refractivity contribution in [2.45, 2.75) is 13.0 Å². The van der Waals surface area contributed by atoms with Gasteiger partial charge in [0.2, 0.25) is 5.91 Å². The van der Waals surface area contributed by atoms with Gasteiger partial charge in [0.1, 0.15) is 11.5 Å². The highest BCUT2D eigenvalue weighted by Gasteiger charge is 2.29. The van der Waals surface area contributed by atoms with Gasteiger partial charge in [-0.05, 0) is 41.3 Å². The van der Waals surface area contributed by atoms with Gasteiger partial charge in [0.25, 0.3) is 0 Å². The summed E-state index contributed by atoms with van der Waals surface area (Å²) >= 11 is 0. The van der Waals surface area contributed by atoms with E-state index < -0.39 is 0 Å². The van der Waals surface area contributed by atoms with Gasteiger partial charge in [-0.1, -0.05) is 36.4 Å². The van der Waals surface area contributed by atoms with Crippen molar-refractivity contribution < 1.29 is 14.3 Å². The molecular weight excluding hydrogens is 414 g/mol. The Morgan fingerprint density at radius 2 is 1.67 bits per heavy atom. The fourth-order valence-corrected chi connectivity index (χ4v) is 4.45. The first-order chi connectivity index (χ1) is 16.1. The molecule has 6 heteroatoms. The van der Waals surface area contributed by atoms with E-state index in [-0.39, 0.29) is 11.8 Å². The number of nitrogens with zero attached hydrogens (tertiary/aromatic N) is 3. The van der Waals surface area contributed by atoms with Crippen molar-refractivity contribution in [3.8, 4) is 22.6 Å². The van der Waals surface area contributed by atoms with Crippen LogP contribution in [-0.4, -0.2) is 61.6 Å². The van der Waals surface area contributed by atoms with Crippen molar-refractivity contribution >= 4 is 5.91 Å². The highest BCUT2D eigenvalue weighted by atomic mass is 16.5. The zero-order valence-electron chi connectivity index (χ0n) is 19.5. The summed E-state index contributed by atoms with van der Waals surface area (Å²) in [6, 6.07) is 18.3. The SMILES string of the molecule is COc1cccc(OC)c1CN1CCN(C)C(=O)C(Cc2ccc(-c3cccnc3)cc2)C1. The minimum atomic E-state index is -0.109. The molecule has 1 fully saturated rings. The predicted molar refractivity (Wildman–Crippen MR) is 129 cm³/mol. The zero-order chi connectivity index (χ0) is 23.2. The Morgan fingerprint density at radius 3 is 2.30 bits per heavy atom. The molecule has 0 radical (unpaired) electrons.